The zero-order valence-corrected chi connectivity index (χ0v) is 16.6. The molecular weight excluding hydrogens is 414 g/mol. The van der Waals surface area contributed by atoms with E-state index < -0.39 is 24.7 Å². The Morgan fingerprint density at radius 3 is 2.55 bits per heavy atom. The number of halogens is 2. The van der Waals surface area contributed by atoms with Gasteiger partial charge in [-0.3, -0.25) is 4.90 Å². The fourth-order valence-corrected chi connectivity index (χ4v) is 3.54. The topological polar surface area (TPSA) is 86.3 Å². The highest BCUT2D eigenvalue weighted by Crippen LogP contribution is 2.39. The van der Waals surface area contributed by atoms with Crippen LogP contribution >= 0.6 is 0 Å². The van der Waals surface area contributed by atoms with Crippen molar-refractivity contribution in [1.29, 1.82) is 0 Å². The molecule has 10 heteroatoms. The molecule has 1 atom stereocenters. The fourth-order valence-electron chi connectivity index (χ4n) is 3.54. The molecule has 2 heterocycles. The van der Waals surface area contributed by atoms with Crippen molar-refractivity contribution in [3.63, 3.8) is 0 Å². The number of nitrogens with zero attached hydrogens (tertiary/aromatic N) is 1. The van der Waals surface area contributed by atoms with E-state index in [4.69, 9.17) is 14.2 Å². The number of amides is 2. The van der Waals surface area contributed by atoms with Crippen LogP contribution in [0.25, 0.3) is 0 Å². The van der Waals surface area contributed by atoms with Crippen molar-refractivity contribution in [2.24, 2.45) is 0 Å². The number of rotatable bonds is 5. The minimum Gasteiger partial charge on any atom is -0.466 e. The number of nitrogens with one attached hydrogen (secondary N) is 1. The van der Waals surface area contributed by atoms with E-state index in [-0.39, 0.29) is 18.1 Å². The summed E-state index contributed by atoms with van der Waals surface area (Å²) in [7, 11) is 1.24. The lowest BCUT2D eigenvalue weighted by atomic mass is 9.94. The molecule has 2 amide bonds. The largest absolute Gasteiger partial charge is 0.466 e. The molecule has 31 heavy (non-hydrogen) atoms. The van der Waals surface area contributed by atoms with Gasteiger partial charge in [-0.05, 0) is 36.8 Å². The van der Waals surface area contributed by atoms with Crippen molar-refractivity contribution < 1.29 is 37.3 Å². The van der Waals surface area contributed by atoms with Crippen LogP contribution in [0.2, 0.25) is 0 Å². The number of allylic oxidation sites excluding steroid dienone is 1. The SMILES string of the molecule is COC(=O)C1=C(C)N(c2ccc3c(c2)OCO3)C(=O)N[C@@H]1c1ccc(OC(F)F)cc1. The Bertz CT molecular complexity index is 1050. The minimum absolute atomic E-state index is 0.0387. The molecule has 4 rings (SSSR count). The van der Waals surface area contributed by atoms with Crippen molar-refractivity contribution in [1.82, 2.24) is 5.32 Å². The van der Waals surface area contributed by atoms with Crippen LogP contribution in [0.1, 0.15) is 18.5 Å². The number of benzene rings is 2. The molecule has 0 unspecified atom stereocenters. The van der Waals surface area contributed by atoms with Crippen molar-refractivity contribution in [2.45, 2.75) is 19.6 Å². The number of fused-ring (bicyclic) bond motifs is 1. The smallest absolute Gasteiger partial charge is 0.387 e. The first-order chi connectivity index (χ1) is 14.9. The van der Waals surface area contributed by atoms with Crippen LogP contribution < -0.4 is 24.4 Å². The summed E-state index contributed by atoms with van der Waals surface area (Å²) in [5.74, 6) is 0.360. The molecule has 0 aliphatic carbocycles. The molecule has 0 spiro atoms. The highest BCUT2D eigenvalue weighted by atomic mass is 19.3. The molecule has 0 aromatic heterocycles. The molecule has 0 radical (unpaired) electrons. The van der Waals surface area contributed by atoms with Gasteiger partial charge in [-0.2, -0.15) is 8.78 Å². The molecule has 0 bridgehead atoms. The van der Waals surface area contributed by atoms with Gasteiger partial charge >= 0.3 is 18.6 Å². The van der Waals surface area contributed by atoms with Gasteiger partial charge in [-0.15, -0.1) is 0 Å². The highest BCUT2D eigenvalue weighted by Gasteiger charge is 2.37. The van der Waals surface area contributed by atoms with E-state index in [0.717, 1.165) is 0 Å². The molecule has 2 aliphatic heterocycles. The number of anilines is 1. The van der Waals surface area contributed by atoms with Crippen LogP contribution in [0, 0.1) is 0 Å². The summed E-state index contributed by atoms with van der Waals surface area (Å²) in [5.41, 5.74) is 1.52. The monoisotopic (exact) mass is 432 g/mol. The Balaban J connectivity index is 1.73. The Hall–Kier alpha value is -3.82. The van der Waals surface area contributed by atoms with Crippen molar-refractivity contribution in [3.8, 4) is 17.2 Å². The minimum atomic E-state index is -2.96. The van der Waals surface area contributed by atoms with Crippen LogP contribution in [0.3, 0.4) is 0 Å². The van der Waals surface area contributed by atoms with E-state index in [9.17, 15) is 18.4 Å². The van der Waals surface area contributed by atoms with E-state index in [1.807, 2.05) is 0 Å². The molecule has 2 aromatic carbocycles. The Labute approximate surface area is 175 Å². The lowest BCUT2D eigenvalue weighted by molar-refractivity contribution is -0.136. The molecule has 0 fully saturated rings. The van der Waals surface area contributed by atoms with Crippen LogP contribution in [-0.4, -0.2) is 32.5 Å². The number of carbonyl (C=O) groups is 2. The first kappa shape index (κ1) is 20.5. The van der Waals surface area contributed by atoms with Gasteiger partial charge in [-0.1, -0.05) is 12.1 Å². The molecule has 1 N–H and O–H groups in total. The van der Waals surface area contributed by atoms with Crippen molar-refractivity contribution in [2.75, 3.05) is 18.8 Å². The number of methoxy groups -OCH3 is 1. The number of alkyl halides is 2. The van der Waals surface area contributed by atoms with Gasteiger partial charge in [0.1, 0.15) is 5.75 Å². The molecule has 162 valence electrons. The second-order valence-corrected chi connectivity index (χ2v) is 6.69. The van der Waals surface area contributed by atoms with Gasteiger partial charge in [0.25, 0.3) is 0 Å². The number of esters is 1. The average molecular weight is 432 g/mol. The first-order valence-electron chi connectivity index (χ1n) is 9.23. The molecule has 0 saturated carbocycles. The molecule has 2 aliphatic rings. The van der Waals surface area contributed by atoms with Gasteiger partial charge in [0.15, 0.2) is 11.5 Å². The third-order valence-electron chi connectivity index (χ3n) is 4.94. The van der Waals surface area contributed by atoms with E-state index in [1.54, 1.807) is 25.1 Å². The van der Waals surface area contributed by atoms with Crippen LogP contribution in [0.4, 0.5) is 19.3 Å². The van der Waals surface area contributed by atoms with E-state index in [0.29, 0.717) is 28.4 Å². The zero-order chi connectivity index (χ0) is 22.1. The van der Waals surface area contributed by atoms with Crippen LogP contribution in [-0.2, 0) is 9.53 Å². The third-order valence-corrected chi connectivity index (χ3v) is 4.94. The fraction of sp³-hybridized carbons (Fsp3) is 0.238. The summed E-state index contributed by atoms with van der Waals surface area (Å²) in [6.45, 7) is -1.25. The summed E-state index contributed by atoms with van der Waals surface area (Å²) >= 11 is 0. The third kappa shape index (κ3) is 3.83. The first-order valence-corrected chi connectivity index (χ1v) is 9.23. The second-order valence-electron chi connectivity index (χ2n) is 6.69. The lowest BCUT2D eigenvalue weighted by Crippen LogP contribution is -2.48. The predicted octanol–water partition coefficient (Wildman–Crippen LogP) is 3.73. The number of urea groups is 1. The quantitative estimate of drug-likeness (QED) is 0.725. The summed E-state index contributed by atoms with van der Waals surface area (Å²) in [6, 6.07) is 9.31. The van der Waals surface area contributed by atoms with E-state index in [1.165, 1.54) is 36.3 Å². The zero-order valence-electron chi connectivity index (χ0n) is 16.6. The van der Waals surface area contributed by atoms with Crippen molar-refractivity contribution in [3.05, 3.63) is 59.3 Å². The lowest BCUT2D eigenvalue weighted by Gasteiger charge is -2.35. The molecular formula is C21H18F2N2O6. The number of carbonyl (C=O) groups excluding carboxylic acids is 2. The van der Waals surface area contributed by atoms with Crippen LogP contribution in [0.15, 0.2) is 53.7 Å². The normalized spacial score (nSPS) is 17.6. The standard InChI is InChI=1S/C21H18F2N2O6/c1-11-17(19(26)28-2)18(12-3-6-14(7-4-12)31-20(22)23)24-21(27)25(11)13-5-8-15-16(9-13)30-10-29-15/h3-9,18,20H,10H2,1-2H3,(H,24,27)/t18-/m1/s1. The summed E-state index contributed by atoms with van der Waals surface area (Å²) in [4.78, 5) is 26.9. The Morgan fingerprint density at radius 1 is 1.16 bits per heavy atom. The van der Waals surface area contributed by atoms with Crippen LogP contribution in [0.5, 0.6) is 17.2 Å². The van der Waals surface area contributed by atoms with Gasteiger partial charge in [0.2, 0.25) is 6.79 Å². The number of hydrogen-bond donors (Lipinski definition) is 1. The second kappa shape index (κ2) is 8.13. The van der Waals surface area contributed by atoms with E-state index >= 15 is 0 Å². The van der Waals surface area contributed by atoms with Gasteiger partial charge in [0, 0.05) is 11.8 Å². The van der Waals surface area contributed by atoms with E-state index in [2.05, 4.69) is 10.1 Å². The summed E-state index contributed by atoms with van der Waals surface area (Å²) < 4.78 is 44.8. The predicted molar refractivity (Wildman–Crippen MR) is 104 cm³/mol. The molecule has 8 nitrogen and oxygen atoms in total. The maximum Gasteiger partial charge on any atom is 0.387 e. The van der Waals surface area contributed by atoms with Gasteiger partial charge < -0.3 is 24.3 Å². The maximum absolute atomic E-state index is 13.0. The molecule has 2 aromatic rings. The van der Waals surface area contributed by atoms with Crippen molar-refractivity contribution >= 4 is 17.7 Å². The molecule has 0 saturated heterocycles. The highest BCUT2D eigenvalue weighted by molar-refractivity contribution is 6.03. The van der Waals surface area contributed by atoms with Gasteiger partial charge in [-0.25, -0.2) is 9.59 Å². The summed E-state index contributed by atoms with van der Waals surface area (Å²) in [6.07, 6.45) is 0. The van der Waals surface area contributed by atoms with Gasteiger partial charge in [0.05, 0.1) is 24.4 Å². The number of ether oxygens (including phenoxy) is 4. The maximum atomic E-state index is 13.0. The average Bonchev–Trinajstić information content (AvgIpc) is 3.21. The Morgan fingerprint density at radius 2 is 1.87 bits per heavy atom. The number of hydrogen-bond acceptors (Lipinski definition) is 6. The summed E-state index contributed by atoms with van der Waals surface area (Å²) in [5, 5.41) is 2.77. The Kier molecular flexibility index (Phi) is 5.37.